The summed E-state index contributed by atoms with van der Waals surface area (Å²) in [5.74, 6) is 0. The van der Waals surface area contributed by atoms with Gasteiger partial charge in [0.25, 0.3) is 0 Å². The van der Waals surface area contributed by atoms with Gasteiger partial charge < -0.3 is 0 Å². The topological polar surface area (TPSA) is 12.4 Å². The number of halogens is 3. The van der Waals surface area contributed by atoms with Crippen molar-refractivity contribution >= 4 is 17.3 Å². The number of aliphatic imine (C=N–C) groups is 1. The van der Waals surface area contributed by atoms with Crippen molar-refractivity contribution in [1.29, 1.82) is 0 Å². The lowest BCUT2D eigenvalue weighted by Gasteiger charge is -2.10. The average molecular weight is 155 g/mol. The van der Waals surface area contributed by atoms with E-state index in [0.717, 1.165) is 11.8 Å². The maximum absolute atomic E-state index is 11.7. The molecule has 1 nitrogen and oxygen atoms in total. The van der Waals surface area contributed by atoms with Gasteiger partial charge >= 0.3 is 6.18 Å². The van der Waals surface area contributed by atoms with Crippen LogP contribution in [0.3, 0.4) is 0 Å². The minimum absolute atomic E-state index is 0.117. The molecule has 1 atom stereocenters. The molecule has 0 aromatic rings. The van der Waals surface area contributed by atoms with Crippen LogP contribution in [0.4, 0.5) is 13.2 Å². The SMILES string of the molecule is FC(F)(F)C1CN=CS1. The number of hydrogen-bond acceptors (Lipinski definition) is 2. The first-order chi connectivity index (χ1) is 4.11. The molecule has 9 heavy (non-hydrogen) atoms. The summed E-state index contributed by atoms with van der Waals surface area (Å²) in [5, 5.41) is -1.29. The van der Waals surface area contributed by atoms with Crippen LogP contribution in [-0.2, 0) is 0 Å². The van der Waals surface area contributed by atoms with Gasteiger partial charge in [-0.15, -0.1) is 0 Å². The molecule has 0 radical (unpaired) electrons. The van der Waals surface area contributed by atoms with Gasteiger partial charge in [0.15, 0.2) is 0 Å². The molecule has 0 saturated heterocycles. The highest BCUT2D eigenvalue weighted by Gasteiger charge is 2.40. The van der Waals surface area contributed by atoms with Crippen LogP contribution in [0.1, 0.15) is 0 Å². The van der Waals surface area contributed by atoms with E-state index < -0.39 is 11.4 Å². The third-order valence-corrected chi connectivity index (χ3v) is 1.95. The van der Waals surface area contributed by atoms with Crippen LogP contribution >= 0.6 is 11.8 Å². The summed E-state index contributed by atoms with van der Waals surface area (Å²) in [4.78, 5) is 3.45. The van der Waals surface area contributed by atoms with E-state index in [4.69, 9.17) is 0 Å². The Balaban J connectivity index is 2.46. The van der Waals surface area contributed by atoms with Gasteiger partial charge in [0.2, 0.25) is 0 Å². The Hall–Kier alpha value is -0.190. The molecule has 0 spiro atoms. The fourth-order valence-electron chi connectivity index (χ4n) is 0.479. The van der Waals surface area contributed by atoms with Gasteiger partial charge in [0, 0.05) is 0 Å². The first-order valence-electron chi connectivity index (χ1n) is 2.31. The molecule has 0 aromatic heterocycles. The lowest BCUT2D eigenvalue weighted by Crippen LogP contribution is -2.25. The molecular weight excluding hydrogens is 151 g/mol. The predicted molar refractivity (Wildman–Crippen MR) is 30.8 cm³/mol. The van der Waals surface area contributed by atoms with Crippen LogP contribution in [0.25, 0.3) is 0 Å². The Kier molecular flexibility index (Phi) is 1.70. The third kappa shape index (κ3) is 1.61. The summed E-state index contributed by atoms with van der Waals surface area (Å²) in [6.45, 7) is -0.117. The highest BCUT2D eigenvalue weighted by Crippen LogP contribution is 2.31. The van der Waals surface area contributed by atoms with Crippen molar-refractivity contribution in [3.63, 3.8) is 0 Å². The maximum Gasteiger partial charge on any atom is 0.402 e. The Bertz CT molecular complexity index is 122. The van der Waals surface area contributed by atoms with E-state index in [1.54, 1.807) is 0 Å². The fraction of sp³-hybridized carbons (Fsp3) is 0.750. The molecule has 1 aliphatic heterocycles. The smallest absolute Gasteiger partial charge is 0.285 e. The Morgan fingerprint density at radius 2 is 2.22 bits per heavy atom. The van der Waals surface area contributed by atoms with Crippen LogP contribution in [0.15, 0.2) is 4.99 Å². The molecule has 0 aromatic carbocycles. The van der Waals surface area contributed by atoms with Crippen molar-refractivity contribution in [2.24, 2.45) is 4.99 Å². The molecule has 0 amide bonds. The van der Waals surface area contributed by atoms with Crippen LogP contribution < -0.4 is 0 Å². The number of nitrogens with zero attached hydrogens (tertiary/aromatic N) is 1. The largest absolute Gasteiger partial charge is 0.402 e. The van der Waals surface area contributed by atoms with Crippen LogP contribution in [0.2, 0.25) is 0 Å². The zero-order valence-corrected chi connectivity index (χ0v) is 5.17. The quantitative estimate of drug-likeness (QED) is 0.518. The third-order valence-electron chi connectivity index (χ3n) is 0.936. The van der Waals surface area contributed by atoms with Gasteiger partial charge in [0.05, 0.1) is 12.1 Å². The molecule has 0 saturated carbocycles. The van der Waals surface area contributed by atoms with E-state index in [9.17, 15) is 13.2 Å². The van der Waals surface area contributed by atoms with Gasteiger partial charge in [0.1, 0.15) is 5.25 Å². The molecule has 1 rings (SSSR count). The van der Waals surface area contributed by atoms with E-state index in [1.807, 2.05) is 0 Å². The summed E-state index contributed by atoms with van der Waals surface area (Å²) in [6, 6.07) is 0. The van der Waals surface area contributed by atoms with E-state index in [0.29, 0.717) is 0 Å². The van der Waals surface area contributed by atoms with Crippen molar-refractivity contribution in [2.75, 3.05) is 6.54 Å². The Morgan fingerprint density at radius 1 is 1.56 bits per heavy atom. The minimum atomic E-state index is -4.08. The van der Waals surface area contributed by atoms with Crippen molar-refractivity contribution < 1.29 is 13.2 Å². The van der Waals surface area contributed by atoms with E-state index in [1.165, 1.54) is 5.55 Å². The minimum Gasteiger partial charge on any atom is -0.285 e. The average Bonchev–Trinajstić information content (AvgIpc) is 2.08. The number of rotatable bonds is 0. The zero-order chi connectivity index (χ0) is 6.91. The second-order valence-electron chi connectivity index (χ2n) is 1.64. The molecule has 1 aliphatic rings. The molecule has 52 valence electrons. The lowest BCUT2D eigenvalue weighted by atomic mass is 10.4. The van der Waals surface area contributed by atoms with Gasteiger partial charge in [-0.3, -0.25) is 4.99 Å². The predicted octanol–water partition coefficient (Wildman–Crippen LogP) is 1.69. The molecule has 0 aliphatic carbocycles. The lowest BCUT2D eigenvalue weighted by molar-refractivity contribution is -0.126. The first kappa shape index (κ1) is 6.92. The van der Waals surface area contributed by atoms with E-state index in [2.05, 4.69) is 4.99 Å². The monoisotopic (exact) mass is 155 g/mol. The van der Waals surface area contributed by atoms with Crippen molar-refractivity contribution in [2.45, 2.75) is 11.4 Å². The molecular formula is C4H4F3NS. The van der Waals surface area contributed by atoms with Crippen molar-refractivity contribution in [3.8, 4) is 0 Å². The second-order valence-corrected chi connectivity index (χ2v) is 2.69. The van der Waals surface area contributed by atoms with Gasteiger partial charge in [-0.25, -0.2) is 0 Å². The van der Waals surface area contributed by atoms with E-state index >= 15 is 0 Å². The molecule has 0 bridgehead atoms. The Labute approximate surface area is 54.3 Å². The first-order valence-corrected chi connectivity index (χ1v) is 3.25. The summed E-state index contributed by atoms with van der Waals surface area (Å²) in [6.07, 6.45) is -4.08. The molecule has 0 fully saturated rings. The van der Waals surface area contributed by atoms with Crippen LogP contribution in [-0.4, -0.2) is 23.5 Å². The highest BCUT2D eigenvalue weighted by molar-refractivity contribution is 8.13. The normalized spacial score (nSPS) is 27.2. The van der Waals surface area contributed by atoms with Crippen LogP contribution in [0.5, 0.6) is 0 Å². The number of thioether (sulfide) groups is 1. The number of hydrogen-bond donors (Lipinski definition) is 0. The van der Waals surface area contributed by atoms with Gasteiger partial charge in [-0.05, 0) is 0 Å². The number of alkyl halides is 3. The molecule has 1 heterocycles. The standard InChI is InChI=1S/C4H4F3NS/c5-4(6,7)3-1-8-2-9-3/h2-3H,1H2. The maximum atomic E-state index is 11.7. The zero-order valence-electron chi connectivity index (χ0n) is 4.35. The van der Waals surface area contributed by atoms with Crippen molar-refractivity contribution in [1.82, 2.24) is 0 Å². The Morgan fingerprint density at radius 3 is 2.44 bits per heavy atom. The summed E-state index contributed by atoms with van der Waals surface area (Å²) in [7, 11) is 0. The fourth-order valence-corrected chi connectivity index (χ4v) is 1.12. The van der Waals surface area contributed by atoms with Crippen LogP contribution in [0, 0.1) is 0 Å². The van der Waals surface area contributed by atoms with Gasteiger partial charge in [-0.1, -0.05) is 11.8 Å². The molecule has 5 heteroatoms. The molecule has 0 N–H and O–H groups in total. The summed E-state index contributed by atoms with van der Waals surface area (Å²) >= 11 is 0.733. The molecule has 1 unspecified atom stereocenters. The van der Waals surface area contributed by atoms with Gasteiger partial charge in [-0.2, -0.15) is 13.2 Å². The summed E-state index contributed by atoms with van der Waals surface area (Å²) < 4.78 is 35.0. The highest BCUT2D eigenvalue weighted by atomic mass is 32.2. The van der Waals surface area contributed by atoms with Crippen molar-refractivity contribution in [3.05, 3.63) is 0 Å². The summed E-state index contributed by atoms with van der Waals surface area (Å²) in [5.41, 5.74) is 1.25. The van der Waals surface area contributed by atoms with E-state index in [-0.39, 0.29) is 6.54 Å². The second kappa shape index (κ2) is 2.21.